The van der Waals surface area contributed by atoms with Crippen molar-refractivity contribution in [1.29, 1.82) is 0 Å². The highest BCUT2D eigenvalue weighted by molar-refractivity contribution is 6.43. The fourth-order valence-corrected chi connectivity index (χ4v) is 2.92. The second-order valence-electron chi connectivity index (χ2n) is 5.39. The molecule has 0 saturated carbocycles. The summed E-state index contributed by atoms with van der Waals surface area (Å²) in [5, 5.41) is 4.21. The molecule has 1 aromatic carbocycles. The van der Waals surface area contributed by atoms with Crippen LogP contribution in [0.25, 0.3) is 0 Å². The predicted molar refractivity (Wildman–Crippen MR) is 96.1 cm³/mol. The molecule has 2 heterocycles. The lowest BCUT2D eigenvalue weighted by molar-refractivity contribution is 0.270. The third kappa shape index (κ3) is 3.86. The standard InChI is InChI=1S/C16H19Cl2N5/c1-2-22-8-10-23(11-9-22)16-19-7-6-14(21-16)20-13-5-3-4-12(17)15(13)18/h3-7H,2,8-11H2,1H3,(H,19,20,21). The first-order valence-electron chi connectivity index (χ1n) is 7.68. The second-order valence-corrected chi connectivity index (χ2v) is 6.17. The highest BCUT2D eigenvalue weighted by Crippen LogP contribution is 2.31. The normalized spacial score (nSPS) is 15.7. The van der Waals surface area contributed by atoms with Gasteiger partial charge in [-0.2, -0.15) is 4.98 Å². The number of anilines is 3. The minimum atomic E-state index is 0.492. The van der Waals surface area contributed by atoms with Crippen LogP contribution in [0.15, 0.2) is 30.5 Å². The van der Waals surface area contributed by atoms with E-state index in [4.69, 9.17) is 23.2 Å². The summed E-state index contributed by atoms with van der Waals surface area (Å²) >= 11 is 12.3. The summed E-state index contributed by atoms with van der Waals surface area (Å²) < 4.78 is 0. The third-order valence-electron chi connectivity index (χ3n) is 3.96. The van der Waals surface area contributed by atoms with Gasteiger partial charge in [-0.25, -0.2) is 4.98 Å². The lowest BCUT2D eigenvalue weighted by atomic mass is 10.3. The molecule has 2 aromatic rings. The van der Waals surface area contributed by atoms with E-state index in [1.807, 2.05) is 18.2 Å². The Bertz CT molecular complexity index is 671. The number of rotatable bonds is 4. The molecule has 1 N–H and O–H groups in total. The van der Waals surface area contributed by atoms with E-state index < -0.39 is 0 Å². The summed E-state index contributed by atoms with van der Waals surface area (Å²) in [5.74, 6) is 1.45. The van der Waals surface area contributed by atoms with E-state index in [9.17, 15) is 0 Å². The topological polar surface area (TPSA) is 44.3 Å². The first-order chi connectivity index (χ1) is 11.2. The molecule has 3 rings (SSSR count). The maximum atomic E-state index is 6.21. The van der Waals surface area contributed by atoms with E-state index in [2.05, 4.69) is 32.0 Å². The van der Waals surface area contributed by atoms with E-state index in [1.165, 1.54) is 0 Å². The smallest absolute Gasteiger partial charge is 0.227 e. The molecule has 0 atom stereocenters. The van der Waals surface area contributed by atoms with Crippen LogP contribution in [-0.2, 0) is 0 Å². The van der Waals surface area contributed by atoms with Gasteiger partial charge in [-0.15, -0.1) is 0 Å². The zero-order chi connectivity index (χ0) is 16.2. The lowest BCUT2D eigenvalue weighted by Gasteiger charge is -2.34. The first kappa shape index (κ1) is 16.3. The van der Waals surface area contributed by atoms with E-state index in [0.717, 1.165) is 44.4 Å². The molecule has 0 unspecified atom stereocenters. The fourth-order valence-electron chi connectivity index (χ4n) is 2.57. The van der Waals surface area contributed by atoms with Gasteiger partial charge in [0, 0.05) is 32.4 Å². The molecule has 1 aromatic heterocycles. The molecule has 0 amide bonds. The Balaban J connectivity index is 1.74. The molecule has 23 heavy (non-hydrogen) atoms. The van der Waals surface area contributed by atoms with Gasteiger partial charge in [0.25, 0.3) is 0 Å². The Kier molecular flexibility index (Phi) is 5.20. The van der Waals surface area contributed by atoms with Gasteiger partial charge in [-0.1, -0.05) is 36.2 Å². The number of nitrogens with zero attached hydrogens (tertiary/aromatic N) is 4. The van der Waals surface area contributed by atoms with Crippen LogP contribution in [0.1, 0.15) is 6.92 Å². The van der Waals surface area contributed by atoms with Crippen LogP contribution >= 0.6 is 23.2 Å². The van der Waals surface area contributed by atoms with Crippen LogP contribution in [0.3, 0.4) is 0 Å². The minimum Gasteiger partial charge on any atom is -0.339 e. The van der Waals surface area contributed by atoms with Crippen molar-refractivity contribution in [3.05, 3.63) is 40.5 Å². The Labute approximate surface area is 146 Å². The molecular weight excluding hydrogens is 333 g/mol. The Morgan fingerprint density at radius 2 is 1.91 bits per heavy atom. The highest BCUT2D eigenvalue weighted by atomic mass is 35.5. The van der Waals surface area contributed by atoms with E-state index >= 15 is 0 Å². The summed E-state index contributed by atoms with van der Waals surface area (Å²) in [5.41, 5.74) is 0.736. The Morgan fingerprint density at radius 1 is 1.13 bits per heavy atom. The van der Waals surface area contributed by atoms with Crippen LogP contribution in [0.2, 0.25) is 10.0 Å². The molecule has 7 heteroatoms. The summed E-state index contributed by atoms with van der Waals surface area (Å²) in [6.45, 7) is 7.23. The number of hydrogen-bond acceptors (Lipinski definition) is 5. The average molecular weight is 352 g/mol. The van der Waals surface area contributed by atoms with Crippen molar-refractivity contribution in [3.8, 4) is 0 Å². The molecule has 1 fully saturated rings. The maximum Gasteiger partial charge on any atom is 0.227 e. The summed E-state index contributed by atoms with van der Waals surface area (Å²) in [6.07, 6.45) is 1.76. The monoisotopic (exact) mass is 351 g/mol. The van der Waals surface area contributed by atoms with Gasteiger partial charge >= 0.3 is 0 Å². The van der Waals surface area contributed by atoms with Crippen molar-refractivity contribution in [2.75, 3.05) is 42.9 Å². The van der Waals surface area contributed by atoms with Gasteiger partial charge in [-0.3, -0.25) is 0 Å². The van der Waals surface area contributed by atoms with Crippen molar-refractivity contribution in [2.45, 2.75) is 6.92 Å². The zero-order valence-corrected chi connectivity index (χ0v) is 14.5. The summed E-state index contributed by atoms with van der Waals surface area (Å²) in [6, 6.07) is 7.30. The SMILES string of the molecule is CCN1CCN(c2nccc(Nc3cccc(Cl)c3Cl)n2)CC1. The molecule has 0 radical (unpaired) electrons. The average Bonchev–Trinajstić information content (AvgIpc) is 2.59. The van der Waals surface area contributed by atoms with E-state index in [-0.39, 0.29) is 0 Å². The molecule has 1 aliphatic rings. The first-order valence-corrected chi connectivity index (χ1v) is 8.44. The van der Waals surface area contributed by atoms with E-state index in [0.29, 0.717) is 15.9 Å². The van der Waals surface area contributed by atoms with Crippen LogP contribution < -0.4 is 10.2 Å². The summed E-state index contributed by atoms with van der Waals surface area (Å²) in [7, 11) is 0. The van der Waals surface area contributed by atoms with E-state index in [1.54, 1.807) is 12.3 Å². The van der Waals surface area contributed by atoms with Gasteiger partial charge < -0.3 is 15.1 Å². The van der Waals surface area contributed by atoms with Crippen LogP contribution in [0, 0.1) is 0 Å². The maximum absolute atomic E-state index is 6.21. The highest BCUT2D eigenvalue weighted by Gasteiger charge is 2.18. The molecule has 0 aliphatic carbocycles. The molecule has 1 saturated heterocycles. The van der Waals surface area contributed by atoms with Gasteiger partial charge in [0.1, 0.15) is 5.82 Å². The number of piperazine rings is 1. The molecule has 0 bridgehead atoms. The van der Waals surface area contributed by atoms with Crippen LogP contribution in [0.5, 0.6) is 0 Å². The van der Waals surface area contributed by atoms with Crippen molar-refractivity contribution in [3.63, 3.8) is 0 Å². The number of hydrogen-bond donors (Lipinski definition) is 1. The van der Waals surface area contributed by atoms with Gasteiger partial charge in [0.05, 0.1) is 15.7 Å². The van der Waals surface area contributed by atoms with Crippen LogP contribution in [0.4, 0.5) is 17.5 Å². The quantitative estimate of drug-likeness (QED) is 0.910. The number of aromatic nitrogens is 2. The minimum absolute atomic E-state index is 0.492. The number of benzene rings is 1. The van der Waals surface area contributed by atoms with Gasteiger partial charge in [-0.05, 0) is 24.7 Å². The number of halogens is 2. The number of likely N-dealkylation sites (N-methyl/N-ethyl adjacent to an activating group) is 1. The Morgan fingerprint density at radius 3 is 2.65 bits per heavy atom. The molecule has 122 valence electrons. The number of nitrogens with one attached hydrogen (secondary N) is 1. The zero-order valence-electron chi connectivity index (χ0n) is 13.0. The van der Waals surface area contributed by atoms with Crippen molar-refractivity contribution < 1.29 is 0 Å². The largest absolute Gasteiger partial charge is 0.339 e. The van der Waals surface area contributed by atoms with Gasteiger partial charge in [0.15, 0.2) is 0 Å². The van der Waals surface area contributed by atoms with Crippen molar-refractivity contribution >= 4 is 40.7 Å². The van der Waals surface area contributed by atoms with Crippen molar-refractivity contribution in [2.24, 2.45) is 0 Å². The Hall–Kier alpha value is -1.56. The molecule has 5 nitrogen and oxygen atoms in total. The molecule has 1 aliphatic heterocycles. The summed E-state index contributed by atoms with van der Waals surface area (Å²) in [4.78, 5) is 13.6. The van der Waals surface area contributed by atoms with Crippen LogP contribution in [-0.4, -0.2) is 47.6 Å². The molecule has 0 spiro atoms. The van der Waals surface area contributed by atoms with Crippen molar-refractivity contribution in [1.82, 2.24) is 14.9 Å². The third-order valence-corrected chi connectivity index (χ3v) is 4.78. The van der Waals surface area contributed by atoms with Gasteiger partial charge in [0.2, 0.25) is 5.95 Å². The molecular formula is C16H19Cl2N5. The predicted octanol–water partition coefficient (Wildman–Crippen LogP) is 3.67. The second kappa shape index (κ2) is 7.34. The lowest BCUT2D eigenvalue weighted by Crippen LogP contribution is -2.46. The fraction of sp³-hybridized carbons (Fsp3) is 0.375.